The maximum absolute atomic E-state index is 11.3. The first-order valence-corrected chi connectivity index (χ1v) is 4.29. The summed E-state index contributed by atoms with van der Waals surface area (Å²) in [5.74, 6) is -1.16. The van der Waals surface area contributed by atoms with Gasteiger partial charge in [-0.15, -0.1) is 0 Å². The summed E-state index contributed by atoms with van der Waals surface area (Å²) in [6.07, 6.45) is 1.23. The molecule has 0 saturated heterocycles. The number of nitrogens with one attached hydrogen (secondary N) is 2. The monoisotopic (exact) mass is 229 g/mol. The SMILES string of the molecule is Cn1ncnc1NC(=O)N[C@@H](CO)C(=O)O. The Morgan fingerprint density at radius 1 is 1.62 bits per heavy atom. The van der Waals surface area contributed by atoms with Gasteiger partial charge in [-0.05, 0) is 0 Å². The van der Waals surface area contributed by atoms with Crippen LogP contribution in [0.1, 0.15) is 0 Å². The molecule has 0 aliphatic carbocycles. The molecule has 4 N–H and O–H groups in total. The Morgan fingerprint density at radius 3 is 2.75 bits per heavy atom. The summed E-state index contributed by atoms with van der Waals surface area (Å²) >= 11 is 0. The largest absolute Gasteiger partial charge is 0.480 e. The average molecular weight is 229 g/mol. The van der Waals surface area contributed by atoms with Crippen LogP contribution in [-0.4, -0.2) is 49.6 Å². The Morgan fingerprint density at radius 2 is 2.31 bits per heavy atom. The van der Waals surface area contributed by atoms with Crippen molar-refractivity contribution in [3.05, 3.63) is 6.33 Å². The van der Waals surface area contributed by atoms with E-state index in [0.717, 1.165) is 0 Å². The fraction of sp³-hybridized carbons (Fsp3) is 0.429. The van der Waals surface area contributed by atoms with Crippen molar-refractivity contribution in [1.29, 1.82) is 0 Å². The number of aromatic nitrogens is 3. The lowest BCUT2D eigenvalue weighted by Gasteiger charge is -2.11. The summed E-state index contributed by atoms with van der Waals surface area (Å²) < 4.78 is 1.30. The second kappa shape index (κ2) is 5.07. The number of carbonyl (C=O) groups is 2. The van der Waals surface area contributed by atoms with Gasteiger partial charge >= 0.3 is 12.0 Å². The number of rotatable bonds is 4. The number of urea groups is 1. The number of hydrogen-bond acceptors (Lipinski definition) is 5. The van der Waals surface area contributed by atoms with E-state index in [1.54, 1.807) is 7.05 Å². The molecule has 0 spiro atoms. The number of amides is 2. The van der Waals surface area contributed by atoms with Gasteiger partial charge in [-0.3, -0.25) is 5.32 Å². The van der Waals surface area contributed by atoms with Gasteiger partial charge in [0.1, 0.15) is 6.33 Å². The van der Waals surface area contributed by atoms with Crippen LogP contribution in [0, 0.1) is 0 Å². The molecule has 0 unspecified atom stereocenters. The minimum Gasteiger partial charge on any atom is -0.480 e. The van der Waals surface area contributed by atoms with E-state index in [2.05, 4.69) is 20.7 Å². The Bertz CT molecular complexity index is 390. The highest BCUT2D eigenvalue weighted by molar-refractivity contribution is 5.90. The molecule has 9 nitrogen and oxygen atoms in total. The molecule has 1 atom stereocenters. The Balaban J connectivity index is 2.54. The highest BCUT2D eigenvalue weighted by Crippen LogP contribution is 1.97. The average Bonchev–Trinajstić information content (AvgIpc) is 2.60. The molecule has 88 valence electrons. The Labute approximate surface area is 90.1 Å². The van der Waals surface area contributed by atoms with Crippen LogP contribution in [-0.2, 0) is 11.8 Å². The van der Waals surface area contributed by atoms with E-state index < -0.39 is 24.6 Å². The van der Waals surface area contributed by atoms with Gasteiger partial charge < -0.3 is 15.5 Å². The number of carbonyl (C=O) groups excluding carboxylic acids is 1. The Hall–Kier alpha value is -2.16. The van der Waals surface area contributed by atoms with Crippen molar-refractivity contribution >= 4 is 17.9 Å². The van der Waals surface area contributed by atoms with E-state index >= 15 is 0 Å². The van der Waals surface area contributed by atoms with E-state index in [1.807, 2.05) is 0 Å². The van der Waals surface area contributed by atoms with E-state index in [4.69, 9.17) is 10.2 Å². The molecule has 0 aliphatic heterocycles. The summed E-state index contributed by atoms with van der Waals surface area (Å²) in [7, 11) is 1.56. The number of aryl methyl sites for hydroxylation is 1. The lowest BCUT2D eigenvalue weighted by molar-refractivity contribution is -0.140. The summed E-state index contributed by atoms with van der Waals surface area (Å²) in [6.45, 7) is -0.693. The van der Waals surface area contributed by atoms with Crippen molar-refractivity contribution in [2.75, 3.05) is 11.9 Å². The van der Waals surface area contributed by atoms with Crippen molar-refractivity contribution in [3.63, 3.8) is 0 Å². The summed E-state index contributed by atoms with van der Waals surface area (Å²) in [4.78, 5) is 25.5. The molecule has 1 aromatic rings. The summed E-state index contributed by atoms with van der Waals surface area (Å²) in [5, 5.41) is 25.3. The number of aliphatic hydroxyl groups excluding tert-OH is 1. The van der Waals surface area contributed by atoms with Gasteiger partial charge in [0.2, 0.25) is 5.95 Å². The topological polar surface area (TPSA) is 129 Å². The summed E-state index contributed by atoms with van der Waals surface area (Å²) in [5.41, 5.74) is 0. The van der Waals surface area contributed by atoms with Crippen LogP contribution >= 0.6 is 0 Å². The van der Waals surface area contributed by atoms with E-state index in [-0.39, 0.29) is 5.95 Å². The van der Waals surface area contributed by atoms with Crippen molar-refractivity contribution in [2.45, 2.75) is 6.04 Å². The normalized spacial score (nSPS) is 11.9. The van der Waals surface area contributed by atoms with Crippen LogP contribution in [0.5, 0.6) is 0 Å². The molecule has 1 rings (SSSR count). The van der Waals surface area contributed by atoms with Gasteiger partial charge in [0.05, 0.1) is 6.61 Å². The number of carboxylic acids is 1. The van der Waals surface area contributed by atoms with E-state index in [1.165, 1.54) is 11.0 Å². The highest BCUT2D eigenvalue weighted by atomic mass is 16.4. The van der Waals surface area contributed by atoms with Crippen LogP contribution in [0.3, 0.4) is 0 Å². The molecule has 0 bridgehead atoms. The molecule has 9 heteroatoms. The number of carboxylic acid groups (broad SMARTS) is 1. The molecule has 0 aromatic carbocycles. The number of nitrogens with zero attached hydrogens (tertiary/aromatic N) is 3. The molecule has 0 aliphatic rings. The predicted octanol–water partition coefficient (Wildman–Crippen LogP) is -1.62. The van der Waals surface area contributed by atoms with Crippen LogP contribution in [0.15, 0.2) is 6.33 Å². The lowest BCUT2D eigenvalue weighted by Crippen LogP contribution is -2.45. The minimum absolute atomic E-state index is 0.166. The lowest BCUT2D eigenvalue weighted by atomic mass is 10.3. The fourth-order valence-electron chi connectivity index (χ4n) is 0.891. The molecule has 1 aromatic heterocycles. The first-order chi connectivity index (χ1) is 7.54. The number of aliphatic carboxylic acids is 1. The number of aliphatic hydroxyl groups is 1. The number of anilines is 1. The van der Waals surface area contributed by atoms with Crippen LogP contribution in [0.25, 0.3) is 0 Å². The molecule has 0 saturated carbocycles. The molecule has 1 heterocycles. The minimum atomic E-state index is -1.35. The third kappa shape index (κ3) is 2.92. The third-order valence-corrected chi connectivity index (χ3v) is 1.72. The molecule has 2 amide bonds. The van der Waals surface area contributed by atoms with Gasteiger partial charge in [-0.1, -0.05) is 0 Å². The van der Waals surface area contributed by atoms with Crippen LogP contribution in [0.4, 0.5) is 10.7 Å². The fourth-order valence-corrected chi connectivity index (χ4v) is 0.891. The van der Waals surface area contributed by atoms with Crippen LogP contribution < -0.4 is 10.6 Å². The van der Waals surface area contributed by atoms with Crippen molar-refractivity contribution < 1.29 is 19.8 Å². The zero-order valence-electron chi connectivity index (χ0n) is 8.41. The zero-order chi connectivity index (χ0) is 12.1. The van der Waals surface area contributed by atoms with Gasteiger partial charge in [0, 0.05) is 7.05 Å². The quantitative estimate of drug-likeness (QED) is 0.491. The van der Waals surface area contributed by atoms with Gasteiger partial charge in [0.25, 0.3) is 0 Å². The predicted molar refractivity (Wildman–Crippen MR) is 51.7 cm³/mol. The molecular weight excluding hydrogens is 218 g/mol. The first-order valence-electron chi connectivity index (χ1n) is 4.29. The van der Waals surface area contributed by atoms with Crippen molar-refractivity contribution in [2.24, 2.45) is 7.05 Å². The standard InChI is InChI=1S/C7H11N5O4/c1-12-6(8-3-9-12)11-7(16)10-4(2-13)5(14)15/h3-4,13H,2H2,1H3,(H,14,15)(H2,8,9,10,11,16)/t4-/m0/s1. The van der Waals surface area contributed by atoms with Gasteiger partial charge in [0.15, 0.2) is 6.04 Å². The molecule has 0 radical (unpaired) electrons. The molecular formula is C7H11N5O4. The van der Waals surface area contributed by atoms with Crippen molar-refractivity contribution in [3.8, 4) is 0 Å². The number of hydrogen-bond donors (Lipinski definition) is 4. The van der Waals surface area contributed by atoms with E-state index in [9.17, 15) is 9.59 Å². The third-order valence-electron chi connectivity index (χ3n) is 1.72. The first kappa shape index (κ1) is 11.9. The van der Waals surface area contributed by atoms with Crippen LogP contribution in [0.2, 0.25) is 0 Å². The smallest absolute Gasteiger partial charge is 0.328 e. The maximum Gasteiger partial charge on any atom is 0.328 e. The summed E-state index contributed by atoms with van der Waals surface area (Å²) in [6, 6.07) is -2.13. The molecule has 0 fully saturated rings. The maximum atomic E-state index is 11.3. The van der Waals surface area contributed by atoms with Gasteiger partial charge in [-0.2, -0.15) is 10.1 Å². The second-order valence-corrected chi connectivity index (χ2v) is 2.88. The van der Waals surface area contributed by atoms with Gasteiger partial charge in [-0.25, -0.2) is 14.3 Å². The second-order valence-electron chi connectivity index (χ2n) is 2.88. The van der Waals surface area contributed by atoms with E-state index in [0.29, 0.717) is 0 Å². The Kier molecular flexibility index (Phi) is 3.78. The zero-order valence-corrected chi connectivity index (χ0v) is 8.41. The van der Waals surface area contributed by atoms with Crippen molar-refractivity contribution in [1.82, 2.24) is 20.1 Å². The molecule has 16 heavy (non-hydrogen) atoms. The highest BCUT2D eigenvalue weighted by Gasteiger charge is 2.19.